The molecule has 1 amide bonds. The van der Waals surface area contributed by atoms with E-state index in [0.717, 1.165) is 6.42 Å². The monoisotopic (exact) mass is 320 g/mol. The standard InChI is InChI=1S/C15H17ClN4O2/c16-11-2-1-3-12(6-11)20-14(17)13(7-18-20)15(22)19-5-4-10(8-19)9-21/h1-3,6-7,10,21H,4-5,8-9,17H2. The lowest BCUT2D eigenvalue weighted by molar-refractivity contribution is 0.0783. The molecule has 3 N–H and O–H groups in total. The molecule has 6 nitrogen and oxygen atoms in total. The minimum absolute atomic E-state index is 0.0983. The van der Waals surface area contributed by atoms with Crippen molar-refractivity contribution in [3.05, 3.63) is 41.0 Å². The number of halogens is 1. The number of aromatic nitrogens is 2. The summed E-state index contributed by atoms with van der Waals surface area (Å²) in [6.07, 6.45) is 2.29. The van der Waals surface area contributed by atoms with E-state index in [9.17, 15) is 9.90 Å². The van der Waals surface area contributed by atoms with E-state index in [1.807, 2.05) is 6.07 Å². The molecule has 2 aromatic rings. The maximum atomic E-state index is 12.5. The first-order chi connectivity index (χ1) is 10.6. The summed E-state index contributed by atoms with van der Waals surface area (Å²) in [5.74, 6) is 0.287. The van der Waals surface area contributed by atoms with Crippen LogP contribution in [0.15, 0.2) is 30.5 Å². The number of amides is 1. The van der Waals surface area contributed by atoms with Crippen molar-refractivity contribution >= 4 is 23.3 Å². The van der Waals surface area contributed by atoms with Crippen molar-refractivity contribution in [2.24, 2.45) is 5.92 Å². The van der Waals surface area contributed by atoms with E-state index in [1.54, 1.807) is 23.1 Å². The average Bonchev–Trinajstić information content (AvgIpc) is 3.13. The molecule has 116 valence electrons. The lowest BCUT2D eigenvalue weighted by atomic mass is 10.1. The molecule has 1 saturated heterocycles. The van der Waals surface area contributed by atoms with Gasteiger partial charge in [0.1, 0.15) is 11.4 Å². The van der Waals surface area contributed by atoms with Gasteiger partial charge in [-0.15, -0.1) is 0 Å². The fourth-order valence-corrected chi connectivity index (χ4v) is 2.86. The Kier molecular flexibility index (Phi) is 4.04. The quantitative estimate of drug-likeness (QED) is 0.899. The number of hydrogen-bond acceptors (Lipinski definition) is 4. The number of carbonyl (C=O) groups excluding carboxylic acids is 1. The summed E-state index contributed by atoms with van der Waals surface area (Å²) in [6.45, 7) is 1.28. The maximum absolute atomic E-state index is 12.5. The van der Waals surface area contributed by atoms with E-state index in [0.29, 0.717) is 35.2 Å². The summed E-state index contributed by atoms with van der Waals surface area (Å²) >= 11 is 5.97. The van der Waals surface area contributed by atoms with Gasteiger partial charge in [-0.2, -0.15) is 5.10 Å². The minimum atomic E-state index is -0.151. The highest BCUT2D eigenvalue weighted by Crippen LogP contribution is 2.23. The number of anilines is 1. The number of aliphatic hydroxyl groups is 1. The van der Waals surface area contributed by atoms with Gasteiger partial charge in [0.2, 0.25) is 0 Å². The Hall–Kier alpha value is -2.05. The molecule has 1 aliphatic heterocycles. The van der Waals surface area contributed by atoms with Crippen LogP contribution in [0, 0.1) is 5.92 Å². The third-order valence-electron chi connectivity index (χ3n) is 3.92. The largest absolute Gasteiger partial charge is 0.396 e. The maximum Gasteiger partial charge on any atom is 0.259 e. The molecule has 1 aromatic heterocycles. The fraction of sp³-hybridized carbons (Fsp3) is 0.333. The van der Waals surface area contributed by atoms with Crippen molar-refractivity contribution in [2.45, 2.75) is 6.42 Å². The van der Waals surface area contributed by atoms with Crippen LogP contribution < -0.4 is 5.73 Å². The smallest absolute Gasteiger partial charge is 0.259 e. The number of benzene rings is 1. The van der Waals surface area contributed by atoms with E-state index in [2.05, 4.69) is 5.10 Å². The van der Waals surface area contributed by atoms with Crippen molar-refractivity contribution < 1.29 is 9.90 Å². The number of nitrogen functional groups attached to an aromatic ring is 1. The molecule has 1 unspecified atom stereocenters. The third-order valence-corrected chi connectivity index (χ3v) is 4.16. The normalized spacial score (nSPS) is 17.9. The van der Waals surface area contributed by atoms with E-state index in [4.69, 9.17) is 17.3 Å². The summed E-state index contributed by atoms with van der Waals surface area (Å²) in [4.78, 5) is 14.2. The van der Waals surface area contributed by atoms with Crippen LogP contribution in [0.5, 0.6) is 0 Å². The van der Waals surface area contributed by atoms with Gasteiger partial charge < -0.3 is 15.7 Å². The second-order valence-electron chi connectivity index (χ2n) is 5.42. The minimum Gasteiger partial charge on any atom is -0.396 e. The van der Waals surface area contributed by atoms with Crippen LogP contribution in [0.25, 0.3) is 5.69 Å². The molecule has 22 heavy (non-hydrogen) atoms. The number of hydrogen-bond donors (Lipinski definition) is 2. The van der Waals surface area contributed by atoms with Gasteiger partial charge in [0.05, 0.1) is 11.9 Å². The molecule has 2 heterocycles. The SMILES string of the molecule is Nc1c(C(=O)N2CCC(CO)C2)cnn1-c1cccc(Cl)c1. The van der Waals surface area contributed by atoms with E-state index in [-0.39, 0.29) is 18.4 Å². The summed E-state index contributed by atoms with van der Waals surface area (Å²) in [5.41, 5.74) is 7.16. The van der Waals surface area contributed by atoms with Crippen LogP contribution in [0.3, 0.4) is 0 Å². The van der Waals surface area contributed by atoms with Crippen LogP contribution >= 0.6 is 11.6 Å². The first-order valence-electron chi connectivity index (χ1n) is 7.09. The first-order valence-corrected chi connectivity index (χ1v) is 7.47. The Balaban J connectivity index is 1.86. The number of nitrogens with zero attached hydrogens (tertiary/aromatic N) is 3. The molecule has 0 radical (unpaired) electrons. The highest BCUT2D eigenvalue weighted by Gasteiger charge is 2.28. The number of likely N-dealkylation sites (tertiary alicyclic amines) is 1. The number of rotatable bonds is 3. The van der Waals surface area contributed by atoms with Crippen molar-refractivity contribution in [3.63, 3.8) is 0 Å². The molecule has 7 heteroatoms. The molecule has 1 aromatic carbocycles. The third kappa shape index (κ3) is 2.67. The van der Waals surface area contributed by atoms with Crippen molar-refractivity contribution in [1.29, 1.82) is 0 Å². The van der Waals surface area contributed by atoms with Crippen LogP contribution in [0.4, 0.5) is 5.82 Å². The van der Waals surface area contributed by atoms with Crippen LogP contribution in [-0.2, 0) is 0 Å². The predicted molar refractivity (Wildman–Crippen MR) is 84.1 cm³/mol. The van der Waals surface area contributed by atoms with Crippen molar-refractivity contribution in [3.8, 4) is 5.69 Å². The van der Waals surface area contributed by atoms with Crippen LogP contribution in [-0.4, -0.2) is 45.4 Å². The van der Waals surface area contributed by atoms with Gasteiger partial charge in [-0.05, 0) is 24.6 Å². The molecular weight excluding hydrogens is 304 g/mol. The molecule has 1 fully saturated rings. The lowest BCUT2D eigenvalue weighted by Gasteiger charge is -2.15. The molecule has 0 spiro atoms. The molecule has 3 rings (SSSR count). The Bertz CT molecular complexity index is 701. The molecule has 0 aliphatic carbocycles. The van der Waals surface area contributed by atoms with Gasteiger partial charge >= 0.3 is 0 Å². The summed E-state index contributed by atoms with van der Waals surface area (Å²) in [7, 11) is 0. The number of aliphatic hydroxyl groups excluding tert-OH is 1. The Morgan fingerprint density at radius 2 is 2.32 bits per heavy atom. The second-order valence-corrected chi connectivity index (χ2v) is 5.86. The topological polar surface area (TPSA) is 84.4 Å². The van der Waals surface area contributed by atoms with Gasteiger partial charge in [0.25, 0.3) is 5.91 Å². The summed E-state index contributed by atoms with van der Waals surface area (Å²) in [5, 5.41) is 13.9. The summed E-state index contributed by atoms with van der Waals surface area (Å²) in [6, 6.07) is 7.11. The van der Waals surface area contributed by atoms with Gasteiger partial charge in [-0.25, -0.2) is 4.68 Å². The highest BCUT2D eigenvalue weighted by atomic mass is 35.5. The van der Waals surface area contributed by atoms with Gasteiger partial charge in [0.15, 0.2) is 0 Å². The zero-order valence-corrected chi connectivity index (χ0v) is 12.7. The number of carbonyl (C=O) groups is 1. The summed E-state index contributed by atoms with van der Waals surface area (Å²) < 4.78 is 1.50. The Morgan fingerprint density at radius 1 is 1.50 bits per heavy atom. The fourth-order valence-electron chi connectivity index (χ4n) is 2.67. The van der Waals surface area contributed by atoms with Crippen molar-refractivity contribution in [2.75, 3.05) is 25.4 Å². The van der Waals surface area contributed by atoms with Crippen molar-refractivity contribution in [1.82, 2.24) is 14.7 Å². The lowest BCUT2D eigenvalue weighted by Crippen LogP contribution is -2.29. The van der Waals surface area contributed by atoms with E-state index in [1.165, 1.54) is 10.9 Å². The molecule has 1 aliphatic rings. The van der Waals surface area contributed by atoms with Gasteiger partial charge in [-0.3, -0.25) is 4.79 Å². The zero-order chi connectivity index (χ0) is 15.7. The zero-order valence-electron chi connectivity index (χ0n) is 11.9. The average molecular weight is 321 g/mol. The van der Waals surface area contributed by atoms with E-state index < -0.39 is 0 Å². The van der Waals surface area contributed by atoms with Gasteiger partial charge in [-0.1, -0.05) is 17.7 Å². The predicted octanol–water partition coefficient (Wildman–Crippen LogP) is 1.56. The number of nitrogens with two attached hydrogens (primary N) is 1. The van der Waals surface area contributed by atoms with E-state index >= 15 is 0 Å². The molecule has 0 bridgehead atoms. The first kappa shape index (κ1) is 14.9. The van der Waals surface area contributed by atoms with Gasteiger partial charge in [0, 0.05) is 30.6 Å². The molecular formula is C15H17ClN4O2. The molecule has 1 atom stereocenters. The Labute approximate surface area is 133 Å². The second kappa shape index (κ2) is 5.98. The van der Waals surface area contributed by atoms with Crippen LogP contribution in [0.2, 0.25) is 5.02 Å². The highest BCUT2D eigenvalue weighted by molar-refractivity contribution is 6.30. The Morgan fingerprint density at radius 3 is 3.00 bits per heavy atom. The molecule has 0 saturated carbocycles. The van der Waals surface area contributed by atoms with Crippen LogP contribution in [0.1, 0.15) is 16.8 Å².